The van der Waals surface area contributed by atoms with Crippen molar-refractivity contribution in [2.45, 2.75) is 31.8 Å². The maximum absolute atomic E-state index is 5.82. The number of hydrogen-bond donors (Lipinski definition) is 1. The van der Waals surface area contributed by atoms with E-state index in [1.165, 1.54) is 39.0 Å². The van der Waals surface area contributed by atoms with Crippen LogP contribution in [0.3, 0.4) is 0 Å². The van der Waals surface area contributed by atoms with Crippen LogP contribution in [0.1, 0.15) is 24.8 Å². The molecule has 21 heavy (non-hydrogen) atoms. The van der Waals surface area contributed by atoms with Crippen LogP contribution in [0.5, 0.6) is 5.75 Å². The highest BCUT2D eigenvalue weighted by Gasteiger charge is 2.30. The summed E-state index contributed by atoms with van der Waals surface area (Å²) in [5.74, 6) is 0.941. The molecule has 1 aromatic rings. The fourth-order valence-electron chi connectivity index (χ4n) is 3.03. The molecule has 3 rings (SSSR count). The summed E-state index contributed by atoms with van der Waals surface area (Å²) >= 11 is 0. The van der Waals surface area contributed by atoms with E-state index in [-0.39, 0.29) is 0 Å². The Kier molecular flexibility index (Phi) is 5.12. The molecule has 1 aliphatic carbocycles. The second kappa shape index (κ2) is 7.25. The van der Waals surface area contributed by atoms with Gasteiger partial charge in [-0.05, 0) is 37.0 Å². The minimum atomic E-state index is 0.572. The van der Waals surface area contributed by atoms with Crippen molar-refractivity contribution < 1.29 is 4.74 Å². The molecular formula is C17H27N3O. The summed E-state index contributed by atoms with van der Waals surface area (Å²) in [5, 5.41) is 0. The molecule has 2 N–H and O–H groups in total. The minimum Gasteiger partial charge on any atom is -0.494 e. The number of nitrogens with two attached hydrogens (primary N) is 1. The maximum atomic E-state index is 5.82. The third-order valence-corrected chi connectivity index (χ3v) is 4.49. The molecule has 1 saturated heterocycles. The largest absolute Gasteiger partial charge is 0.494 e. The van der Waals surface area contributed by atoms with Gasteiger partial charge < -0.3 is 15.4 Å². The summed E-state index contributed by atoms with van der Waals surface area (Å²) in [5.41, 5.74) is 6.77. The summed E-state index contributed by atoms with van der Waals surface area (Å²) in [7, 11) is 0. The van der Waals surface area contributed by atoms with E-state index in [1.807, 2.05) is 24.3 Å². The van der Waals surface area contributed by atoms with E-state index in [4.69, 9.17) is 10.5 Å². The average Bonchev–Trinajstić information content (AvgIpc) is 3.37. The third-order valence-electron chi connectivity index (χ3n) is 4.49. The molecule has 1 aliphatic heterocycles. The average molecular weight is 289 g/mol. The number of ether oxygens (including phenoxy) is 1. The topological polar surface area (TPSA) is 41.7 Å². The first-order valence-electron chi connectivity index (χ1n) is 8.23. The lowest BCUT2D eigenvalue weighted by Crippen LogP contribution is -2.47. The SMILES string of the molecule is NCc1cccc(OCCCN2CCN(C3CC3)CC2)c1. The van der Waals surface area contributed by atoms with E-state index in [9.17, 15) is 0 Å². The third kappa shape index (κ3) is 4.43. The summed E-state index contributed by atoms with van der Waals surface area (Å²) < 4.78 is 5.82. The molecule has 0 amide bonds. The smallest absolute Gasteiger partial charge is 0.119 e. The maximum Gasteiger partial charge on any atom is 0.119 e. The van der Waals surface area contributed by atoms with Crippen molar-refractivity contribution in [3.8, 4) is 5.75 Å². The van der Waals surface area contributed by atoms with Crippen LogP contribution in [0.15, 0.2) is 24.3 Å². The Morgan fingerprint density at radius 1 is 1.14 bits per heavy atom. The Bertz CT molecular complexity index is 439. The van der Waals surface area contributed by atoms with Gasteiger partial charge in [0.1, 0.15) is 5.75 Å². The first kappa shape index (κ1) is 14.8. The van der Waals surface area contributed by atoms with Gasteiger partial charge in [0, 0.05) is 45.3 Å². The molecule has 116 valence electrons. The van der Waals surface area contributed by atoms with Gasteiger partial charge in [0.25, 0.3) is 0 Å². The van der Waals surface area contributed by atoms with Crippen LogP contribution < -0.4 is 10.5 Å². The zero-order valence-electron chi connectivity index (χ0n) is 12.8. The molecule has 1 heterocycles. The molecule has 2 fully saturated rings. The Balaban J connectivity index is 1.31. The molecule has 0 radical (unpaired) electrons. The van der Waals surface area contributed by atoms with Gasteiger partial charge in [-0.3, -0.25) is 4.90 Å². The Hall–Kier alpha value is -1.10. The van der Waals surface area contributed by atoms with Crippen LogP contribution in [0, 0.1) is 0 Å². The highest BCUT2D eigenvalue weighted by Crippen LogP contribution is 2.27. The molecule has 0 atom stereocenters. The van der Waals surface area contributed by atoms with Crippen LogP contribution >= 0.6 is 0 Å². The molecule has 0 unspecified atom stereocenters. The summed E-state index contributed by atoms with van der Waals surface area (Å²) in [6.45, 7) is 7.46. The van der Waals surface area contributed by atoms with Crippen LogP contribution in [-0.2, 0) is 6.54 Å². The van der Waals surface area contributed by atoms with Crippen LogP contribution in [0.25, 0.3) is 0 Å². The second-order valence-corrected chi connectivity index (χ2v) is 6.16. The van der Waals surface area contributed by atoms with E-state index in [0.29, 0.717) is 6.54 Å². The number of nitrogens with zero attached hydrogens (tertiary/aromatic N) is 2. The predicted molar refractivity (Wildman–Crippen MR) is 85.5 cm³/mol. The number of hydrogen-bond acceptors (Lipinski definition) is 4. The highest BCUT2D eigenvalue weighted by molar-refractivity contribution is 5.28. The lowest BCUT2D eigenvalue weighted by molar-refractivity contribution is 0.121. The zero-order chi connectivity index (χ0) is 14.5. The normalized spacial score (nSPS) is 20.6. The fourth-order valence-corrected chi connectivity index (χ4v) is 3.03. The lowest BCUT2D eigenvalue weighted by Gasteiger charge is -2.34. The van der Waals surface area contributed by atoms with Gasteiger partial charge in [-0.2, -0.15) is 0 Å². The van der Waals surface area contributed by atoms with E-state index in [1.54, 1.807) is 0 Å². The first-order chi connectivity index (χ1) is 10.3. The van der Waals surface area contributed by atoms with Gasteiger partial charge in [0.15, 0.2) is 0 Å². The Morgan fingerprint density at radius 2 is 1.95 bits per heavy atom. The molecule has 0 aromatic heterocycles. The van der Waals surface area contributed by atoms with Gasteiger partial charge >= 0.3 is 0 Å². The Morgan fingerprint density at radius 3 is 2.67 bits per heavy atom. The van der Waals surface area contributed by atoms with Crippen molar-refractivity contribution in [2.24, 2.45) is 5.73 Å². The molecule has 2 aliphatic rings. The zero-order valence-corrected chi connectivity index (χ0v) is 12.8. The van der Waals surface area contributed by atoms with Crippen molar-refractivity contribution in [1.82, 2.24) is 9.80 Å². The summed E-state index contributed by atoms with van der Waals surface area (Å²) in [6, 6.07) is 9.01. The first-order valence-corrected chi connectivity index (χ1v) is 8.23. The number of piperazine rings is 1. The van der Waals surface area contributed by atoms with Gasteiger partial charge in [-0.25, -0.2) is 0 Å². The van der Waals surface area contributed by atoms with E-state index in [0.717, 1.165) is 36.9 Å². The van der Waals surface area contributed by atoms with E-state index >= 15 is 0 Å². The number of rotatable bonds is 7. The summed E-state index contributed by atoms with van der Waals surface area (Å²) in [6.07, 6.45) is 3.95. The monoisotopic (exact) mass is 289 g/mol. The Labute approximate surface area is 127 Å². The standard InChI is InChI=1S/C17H27N3O/c18-14-15-3-1-4-17(13-15)21-12-2-7-19-8-10-20(11-9-19)16-5-6-16/h1,3-4,13,16H,2,5-12,14,18H2. The van der Waals surface area contributed by atoms with E-state index in [2.05, 4.69) is 9.80 Å². The molecular weight excluding hydrogens is 262 g/mol. The molecule has 4 heteroatoms. The minimum absolute atomic E-state index is 0.572. The quantitative estimate of drug-likeness (QED) is 0.776. The van der Waals surface area contributed by atoms with Crippen molar-refractivity contribution in [2.75, 3.05) is 39.3 Å². The molecule has 4 nitrogen and oxygen atoms in total. The van der Waals surface area contributed by atoms with Crippen LogP contribution in [-0.4, -0.2) is 55.2 Å². The van der Waals surface area contributed by atoms with Gasteiger partial charge in [0.2, 0.25) is 0 Å². The van der Waals surface area contributed by atoms with Crippen LogP contribution in [0.2, 0.25) is 0 Å². The second-order valence-electron chi connectivity index (χ2n) is 6.16. The van der Waals surface area contributed by atoms with Crippen LogP contribution in [0.4, 0.5) is 0 Å². The van der Waals surface area contributed by atoms with Gasteiger partial charge in [-0.1, -0.05) is 12.1 Å². The molecule has 1 aromatic carbocycles. The fraction of sp³-hybridized carbons (Fsp3) is 0.647. The van der Waals surface area contributed by atoms with E-state index < -0.39 is 0 Å². The molecule has 0 spiro atoms. The van der Waals surface area contributed by atoms with Crippen molar-refractivity contribution in [3.63, 3.8) is 0 Å². The van der Waals surface area contributed by atoms with Gasteiger partial charge in [0.05, 0.1) is 6.61 Å². The molecule has 1 saturated carbocycles. The van der Waals surface area contributed by atoms with Crippen molar-refractivity contribution in [3.05, 3.63) is 29.8 Å². The van der Waals surface area contributed by atoms with Crippen molar-refractivity contribution in [1.29, 1.82) is 0 Å². The lowest BCUT2D eigenvalue weighted by atomic mass is 10.2. The summed E-state index contributed by atoms with van der Waals surface area (Å²) in [4.78, 5) is 5.23. The highest BCUT2D eigenvalue weighted by atomic mass is 16.5. The van der Waals surface area contributed by atoms with Crippen molar-refractivity contribution >= 4 is 0 Å². The number of benzene rings is 1. The predicted octanol–water partition coefficient (Wildman–Crippen LogP) is 1.69. The molecule has 0 bridgehead atoms. The van der Waals surface area contributed by atoms with Gasteiger partial charge in [-0.15, -0.1) is 0 Å².